The van der Waals surface area contributed by atoms with Crippen molar-refractivity contribution in [3.63, 3.8) is 0 Å². The zero-order valence-electron chi connectivity index (χ0n) is 9.78. The molecule has 3 nitrogen and oxygen atoms in total. The van der Waals surface area contributed by atoms with Crippen molar-refractivity contribution >= 4 is 28.5 Å². The van der Waals surface area contributed by atoms with E-state index in [1.165, 1.54) is 24.3 Å². The van der Waals surface area contributed by atoms with Crippen molar-refractivity contribution in [2.24, 2.45) is 5.92 Å². The molecule has 0 amide bonds. The van der Waals surface area contributed by atoms with E-state index in [1.807, 2.05) is 18.2 Å². The van der Waals surface area contributed by atoms with Crippen LogP contribution in [0.15, 0.2) is 18.2 Å². The topological polar surface area (TPSA) is 54.7 Å². The summed E-state index contributed by atoms with van der Waals surface area (Å²) in [6, 6.07) is 5.86. The van der Waals surface area contributed by atoms with Gasteiger partial charge in [-0.2, -0.15) is 11.8 Å². The minimum atomic E-state index is 0.793. The lowest BCUT2D eigenvalue weighted by atomic mass is 9.99. The van der Waals surface area contributed by atoms with Crippen LogP contribution in [0, 0.1) is 5.92 Å². The summed E-state index contributed by atoms with van der Waals surface area (Å²) in [7, 11) is 0. The molecule has 0 aliphatic carbocycles. The third-order valence-corrected chi connectivity index (χ3v) is 4.43. The van der Waals surface area contributed by atoms with Crippen LogP contribution in [0.3, 0.4) is 0 Å². The predicted molar refractivity (Wildman–Crippen MR) is 74.3 cm³/mol. The highest BCUT2D eigenvalue weighted by Crippen LogP contribution is 2.26. The number of anilines is 1. The van der Waals surface area contributed by atoms with Gasteiger partial charge in [-0.15, -0.1) is 0 Å². The number of hydrogen-bond acceptors (Lipinski definition) is 3. The SMILES string of the molecule is Nc1ccc2nc(CC3CCSCC3)[nH]c2c1. The van der Waals surface area contributed by atoms with E-state index in [4.69, 9.17) is 5.73 Å². The standard InChI is InChI=1S/C13H17N3S/c14-10-1-2-11-12(8-10)16-13(15-11)7-9-3-5-17-6-4-9/h1-2,8-9H,3-7,14H2,(H,15,16). The first-order valence-corrected chi connectivity index (χ1v) is 7.28. The predicted octanol–water partition coefficient (Wildman–Crippen LogP) is 2.83. The Kier molecular flexibility index (Phi) is 2.97. The fraction of sp³-hybridized carbons (Fsp3) is 0.462. The molecule has 1 aliphatic heterocycles. The summed E-state index contributed by atoms with van der Waals surface area (Å²) in [5.74, 6) is 4.52. The van der Waals surface area contributed by atoms with Gasteiger partial charge in [0, 0.05) is 12.1 Å². The van der Waals surface area contributed by atoms with Gasteiger partial charge in [0.15, 0.2) is 0 Å². The molecule has 1 aromatic heterocycles. The zero-order chi connectivity index (χ0) is 11.7. The van der Waals surface area contributed by atoms with Crippen LogP contribution in [0.5, 0.6) is 0 Å². The fourth-order valence-corrected chi connectivity index (χ4v) is 3.60. The van der Waals surface area contributed by atoms with Crippen LogP contribution >= 0.6 is 11.8 Å². The minimum absolute atomic E-state index is 0.793. The first-order chi connectivity index (χ1) is 8.31. The smallest absolute Gasteiger partial charge is 0.107 e. The number of nitrogens with two attached hydrogens (primary N) is 1. The number of imidazole rings is 1. The fourth-order valence-electron chi connectivity index (χ4n) is 2.40. The lowest BCUT2D eigenvalue weighted by molar-refractivity contribution is 0.478. The lowest BCUT2D eigenvalue weighted by Gasteiger charge is -2.19. The van der Waals surface area contributed by atoms with Crippen molar-refractivity contribution in [2.45, 2.75) is 19.3 Å². The first-order valence-electron chi connectivity index (χ1n) is 6.13. The van der Waals surface area contributed by atoms with E-state index in [0.717, 1.165) is 34.9 Å². The molecule has 0 radical (unpaired) electrons. The van der Waals surface area contributed by atoms with E-state index in [9.17, 15) is 0 Å². The van der Waals surface area contributed by atoms with Crippen molar-refractivity contribution in [2.75, 3.05) is 17.2 Å². The summed E-state index contributed by atoms with van der Waals surface area (Å²) in [5, 5.41) is 0. The molecule has 3 rings (SSSR count). The monoisotopic (exact) mass is 247 g/mol. The van der Waals surface area contributed by atoms with Gasteiger partial charge in [0.2, 0.25) is 0 Å². The molecule has 0 saturated carbocycles. The summed E-state index contributed by atoms with van der Waals surface area (Å²) in [4.78, 5) is 8.02. The van der Waals surface area contributed by atoms with Crippen LogP contribution in [0.4, 0.5) is 5.69 Å². The molecule has 2 aromatic rings. The maximum absolute atomic E-state index is 5.77. The number of benzene rings is 1. The number of nitrogen functional groups attached to an aromatic ring is 1. The van der Waals surface area contributed by atoms with Gasteiger partial charge in [0.25, 0.3) is 0 Å². The molecular weight excluding hydrogens is 230 g/mol. The Bertz CT molecular complexity index is 514. The van der Waals surface area contributed by atoms with Gasteiger partial charge in [-0.1, -0.05) is 0 Å². The molecule has 1 fully saturated rings. The molecular formula is C13H17N3S. The Morgan fingerprint density at radius 2 is 2.18 bits per heavy atom. The van der Waals surface area contributed by atoms with Gasteiger partial charge >= 0.3 is 0 Å². The van der Waals surface area contributed by atoms with E-state index >= 15 is 0 Å². The number of nitrogens with one attached hydrogen (secondary N) is 1. The third kappa shape index (κ3) is 2.41. The summed E-state index contributed by atoms with van der Waals surface area (Å²) in [6.45, 7) is 0. The van der Waals surface area contributed by atoms with Crippen molar-refractivity contribution in [1.29, 1.82) is 0 Å². The van der Waals surface area contributed by atoms with Crippen molar-refractivity contribution in [3.05, 3.63) is 24.0 Å². The molecule has 2 heterocycles. The highest BCUT2D eigenvalue weighted by Gasteiger charge is 2.16. The number of aromatic nitrogens is 2. The Balaban J connectivity index is 1.80. The van der Waals surface area contributed by atoms with Gasteiger partial charge in [0.05, 0.1) is 11.0 Å². The van der Waals surface area contributed by atoms with Gasteiger partial charge in [-0.25, -0.2) is 4.98 Å². The van der Waals surface area contributed by atoms with E-state index in [2.05, 4.69) is 21.7 Å². The van der Waals surface area contributed by atoms with Crippen LogP contribution in [-0.4, -0.2) is 21.5 Å². The van der Waals surface area contributed by atoms with E-state index < -0.39 is 0 Å². The maximum atomic E-state index is 5.77. The van der Waals surface area contributed by atoms with Crippen LogP contribution in [0.2, 0.25) is 0 Å². The number of rotatable bonds is 2. The molecule has 0 spiro atoms. The molecule has 0 unspecified atom stereocenters. The molecule has 1 saturated heterocycles. The first kappa shape index (κ1) is 11.0. The van der Waals surface area contributed by atoms with Crippen LogP contribution in [0.1, 0.15) is 18.7 Å². The largest absolute Gasteiger partial charge is 0.399 e. The maximum Gasteiger partial charge on any atom is 0.107 e. The Hall–Kier alpha value is -1.16. The second kappa shape index (κ2) is 4.61. The quantitative estimate of drug-likeness (QED) is 0.802. The third-order valence-electron chi connectivity index (χ3n) is 3.38. The number of nitrogens with zero attached hydrogens (tertiary/aromatic N) is 1. The van der Waals surface area contributed by atoms with E-state index in [-0.39, 0.29) is 0 Å². The molecule has 1 aliphatic rings. The molecule has 4 heteroatoms. The van der Waals surface area contributed by atoms with Gasteiger partial charge in [-0.05, 0) is 48.5 Å². The molecule has 3 N–H and O–H groups in total. The van der Waals surface area contributed by atoms with E-state index in [0.29, 0.717) is 0 Å². The highest BCUT2D eigenvalue weighted by atomic mass is 32.2. The molecule has 90 valence electrons. The average Bonchev–Trinajstić information content (AvgIpc) is 2.71. The second-order valence-electron chi connectivity index (χ2n) is 4.72. The van der Waals surface area contributed by atoms with Crippen molar-refractivity contribution in [1.82, 2.24) is 9.97 Å². The highest BCUT2D eigenvalue weighted by molar-refractivity contribution is 7.99. The van der Waals surface area contributed by atoms with Crippen LogP contribution in [0.25, 0.3) is 11.0 Å². The number of hydrogen-bond donors (Lipinski definition) is 2. The Morgan fingerprint density at radius 3 is 3.00 bits per heavy atom. The van der Waals surface area contributed by atoms with Crippen molar-refractivity contribution < 1.29 is 0 Å². The number of fused-ring (bicyclic) bond motifs is 1. The average molecular weight is 247 g/mol. The van der Waals surface area contributed by atoms with Crippen LogP contribution < -0.4 is 5.73 Å². The molecule has 17 heavy (non-hydrogen) atoms. The zero-order valence-corrected chi connectivity index (χ0v) is 10.6. The van der Waals surface area contributed by atoms with E-state index in [1.54, 1.807) is 0 Å². The summed E-state index contributed by atoms with van der Waals surface area (Å²) in [5.41, 5.74) is 8.65. The lowest BCUT2D eigenvalue weighted by Crippen LogP contribution is -2.12. The summed E-state index contributed by atoms with van der Waals surface area (Å²) in [6.07, 6.45) is 3.73. The summed E-state index contributed by atoms with van der Waals surface area (Å²) >= 11 is 2.07. The number of H-pyrrole nitrogens is 1. The second-order valence-corrected chi connectivity index (χ2v) is 5.94. The molecule has 0 atom stereocenters. The van der Waals surface area contributed by atoms with Gasteiger partial charge < -0.3 is 10.7 Å². The Morgan fingerprint density at radius 1 is 1.35 bits per heavy atom. The normalized spacial score (nSPS) is 17.6. The Labute approximate surface area is 105 Å². The summed E-state index contributed by atoms with van der Waals surface area (Å²) < 4.78 is 0. The van der Waals surface area contributed by atoms with Crippen molar-refractivity contribution in [3.8, 4) is 0 Å². The van der Waals surface area contributed by atoms with Gasteiger partial charge in [0.1, 0.15) is 5.82 Å². The van der Waals surface area contributed by atoms with Gasteiger partial charge in [-0.3, -0.25) is 0 Å². The minimum Gasteiger partial charge on any atom is -0.399 e. The van der Waals surface area contributed by atoms with Crippen LogP contribution in [-0.2, 0) is 6.42 Å². The number of aromatic amines is 1. The molecule has 1 aromatic carbocycles. The number of thioether (sulfide) groups is 1. The molecule has 0 bridgehead atoms.